The summed E-state index contributed by atoms with van der Waals surface area (Å²) in [5.74, 6) is 0. The van der Waals surface area contributed by atoms with Crippen molar-refractivity contribution in [3.63, 3.8) is 0 Å². The maximum Gasteiger partial charge on any atom is 0.0272 e. The van der Waals surface area contributed by atoms with Crippen LogP contribution < -0.4 is 0 Å². The fourth-order valence-electron chi connectivity index (χ4n) is 0.812. The number of alkyl halides is 1. The van der Waals surface area contributed by atoms with Crippen LogP contribution in [0.4, 0.5) is 0 Å². The van der Waals surface area contributed by atoms with Gasteiger partial charge in [0.05, 0.1) is 0 Å². The number of rotatable bonds is 2. The van der Waals surface area contributed by atoms with E-state index in [0.29, 0.717) is 0 Å². The minimum absolute atomic E-state index is 0.962. The summed E-state index contributed by atoms with van der Waals surface area (Å²) in [6.45, 7) is 4.26. The predicted molar refractivity (Wildman–Crippen MR) is 56.5 cm³/mol. The van der Waals surface area contributed by atoms with Gasteiger partial charge in [0.15, 0.2) is 0 Å². The standard InChI is InChI=1S/C9H11BrS/c1-7(6-10)5-9-4-3-8(2)11-9/h3-5H,6H2,1-2H3/b7-5-. The largest absolute Gasteiger partial charge is 0.141 e. The quantitative estimate of drug-likeness (QED) is 0.678. The Balaban J connectivity index is 2.78. The van der Waals surface area contributed by atoms with Gasteiger partial charge >= 0.3 is 0 Å². The van der Waals surface area contributed by atoms with Gasteiger partial charge in [-0.2, -0.15) is 0 Å². The number of allylic oxidation sites excluding steroid dienone is 1. The Morgan fingerprint density at radius 1 is 1.64 bits per heavy atom. The Morgan fingerprint density at radius 3 is 2.82 bits per heavy atom. The number of halogens is 1. The van der Waals surface area contributed by atoms with Crippen molar-refractivity contribution in [2.45, 2.75) is 13.8 Å². The molecule has 1 heterocycles. The van der Waals surface area contributed by atoms with E-state index in [9.17, 15) is 0 Å². The van der Waals surface area contributed by atoms with Crippen molar-refractivity contribution < 1.29 is 0 Å². The molecule has 0 bridgehead atoms. The molecule has 60 valence electrons. The number of aryl methyl sites for hydroxylation is 1. The molecular weight excluding hydrogens is 220 g/mol. The van der Waals surface area contributed by atoms with Crippen molar-refractivity contribution in [2.24, 2.45) is 0 Å². The number of hydrogen-bond donors (Lipinski definition) is 0. The Labute approximate surface area is 80.1 Å². The molecule has 0 unspecified atom stereocenters. The first kappa shape index (κ1) is 9.01. The van der Waals surface area contributed by atoms with Crippen LogP contribution in [0.25, 0.3) is 6.08 Å². The molecule has 0 N–H and O–H groups in total. The minimum Gasteiger partial charge on any atom is -0.141 e. The topological polar surface area (TPSA) is 0 Å². The third-order valence-electron chi connectivity index (χ3n) is 1.36. The van der Waals surface area contributed by atoms with Gasteiger partial charge in [-0.05, 0) is 32.1 Å². The van der Waals surface area contributed by atoms with Crippen LogP contribution in [0.5, 0.6) is 0 Å². The van der Waals surface area contributed by atoms with Crippen LogP contribution >= 0.6 is 27.3 Å². The van der Waals surface area contributed by atoms with E-state index in [1.54, 1.807) is 0 Å². The van der Waals surface area contributed by atoms with E-state index in [1.807, 2.05) is 11.3 Å². The molecule has 0 aromatic carbocycles. The SMILES string of the molecule is C/C(=C/c1ccc(C)s1)CBr. The lowest BCUT2D eigenvalue weighted by Crippen LogP contribution is -1.72. The van der Waals surface area contributed by atoms with Crippen LogP contribution in [-0.2, 0) is 0 Å². The van der Waals surface area contributed by atoms with Gasteiger partial charge in [-0.25, -0.2) is 0 Å². The molecule has 0 aliphatic rings. The van der Waals surface area contributed by atoms with Crippen molar-refractivity contribution in [3.8, 4) is 0 Å². The smallest absolute Gasteiger partial charge is 0.0272 e. The molecular formula is C9H11BrS. The van der Waals surface area contributed by atoms with Crippen LogP contribution in [0.3, 0.4) is 0 Å². The van der Waals surface area contributed by atoms with Gasteiger partial charge in [-0.3, -0.25) is 0 Å². The molecule has 11 heavy (non-hydrogen) atoms. The zero-order chi connectivity index (χ0) is 8.27. The molecule has 1 aromatic rings. The summed E-state index contributed by atoms with van der Waals surface area (Å²) < 4.78 is 0. The lowest BCUT2D eigenvalue weighted by Gasteiger charge is -1.90. The lowest BCUT2D eigenvalue weighted by molar-refractivity contribution is 1.46. The third kappa shape index (κ3) is 2.80. The third-order valence-corrected chi connectivity index (χ3v) is 3.19. The normalized spacial score (nSPS) is 12.1. The van der Waals surface area contributed by atoms with Crippen molar-refractivity contribution >= 4 is 33.3 Å². The summed E-state index contributed by atoms with van der Waals surface area (Å²) in [6, 6.07) is 4.31. The maximum atomic E-state index is 3.42. The van der Waals surface area contributed by atoms with Gasteiger partial charge in [0.25, 0.3) is 0 Å². The average Bonchev–Trinajstić information content (AvgIpc) is 2.35. The Kier molecular flexibility index (Phi) is 3.34. The van der Waals surface area contributed by atoms with E-state index >= 15 is 0 Å². The fraction of sp³-hybridized carbons (Fsp3) is 0.333. The van der Waals surface area contributed by atoms with Crippen molar-refractivity contribution in [2.75, 3.05) is 5.33 Å². The van der Waals surface area contributed by atoms with Crippen LogP contribution in [0, 0.1) is 6.92 Å². The first-order chi connectivity index (χ1) is 5.22. The molecule has 0 aliphatic heterocycles. The van der Waals surface area contributed by atoms with E-state index in [2.05, 4.69) is 48.0 Å². The zero-order valence-corrected chi connectivity index (χ0v) is 9.13. The first-order valence-corrected chi connectivity index (χ1v) is 5.46. The molecule has 0 aliphatic carbocycles. The summed E-state index contributed by atoms with van der Waals surface area (Å²) in [5.41, 5.74) is 1.37. The monoisotopic (exact) mass is 230 g/mol. The van der Waals surface area contributed by atoms with Crippen LogP contribution in [0.15, 0.2) is 17.7 Å². The highest BCUT2D eigenvalue weighted by molar-refractivity contribution is 9.09. The highest BCUT2D eigenvalue weighted by Gasteiger charge is 1.92. The predicted octanol–water partition coefficient (Wildman–Crippen LogP) is 3.85. The van der Waals surface area contributed by atoms with Gasteiger partial charge in [0.2, 0.25) is 0 Å². The summed E-state index contributed by atoms with van der Waals surface area (Å²) in [7, 11) is 0. The van der Waals surface area contributed by atoms with Gasteiger partial charge in [-0.1, -0.05) is 21.5 Å². The average molecular weight is 231 g/mol. The van der Waals surface area contributed by atoms with Crippen molar-refractivity contribution in [1.82, 2.24) is 0 Å². The molecule has 0 saturated carbocycles. The van der Waals surface area contributed by atoms with Crippen LogP contribution in [0.1, 0.15) is 16.7 Å². The molecule has 0 saturated heterocycles. The Bertz CT molecular complexity index is 260. The van der Waals surface area contributed by atoms with Crippen molar-refractivity contribution in [3.05, 3.63) is 27.5 Å². The van der Waals surface area contributed by atoms with E-state index in [0.717, 1.165) is 5.33 Å². The highest BCUT2D eigenvalue weighted by Crippen LogP contribution is 2.18. The molecule has 0 atom stereocenters. The van der Waals surface area contributed by atoms with Gasteiger partial charge in [0.1, 0.15) is 0 Å². The van der Waals surface area contributed by atoms with Crippen molar-refractivity contribution in [1.29, 1.82) is 0 Å². The van der Waals surface area contributed by atoms with E-state index < -0.39 is 0 Å². The molecule has 0 radical (unpaired) electrons. The number of hydrogen-bond acceptors (Lipinski definition) is 1. The van der Waals surface area contributed by atoms with E-state index in [4.69, 9.17) is 0 Å². The second kappa shape index (κ2) is 4.07. The zero-order valence-electron chi connectivity index (χ0n) is 6.73. The minimum atomic E-state index is 0.962. The summed E-state index contributed by atoms with van der Waals surface area (Å²) in [5, 5.41) is 0.962. The molecule has 1 rings (SSSR count). The molecule has 0 amide bonds. The Morgan fingerprint density at radius 2 is 2.36 bits per heavy atom. The fourth-order valence-corrected chi connectivity index (χ4v) is 1.88. The summed E-state index contributed by atoms with van der Waals surface area (Å²) in [6.07, 6.45) is 2.21. The second-order valence-corrected chi connectivity index (χ2v) is 4.45. The Hall–Kier alpha value is -0.0800. The summed E-state index contributed by atoms with van der Waals surface area (Å²) in [4.78, 5) is 2.72. The van der Waals surface area contributed by atoms with Crippen LogP contribution in [0.2, 0.25) is 0 Å². The van der Waals surface area contributed by atoms with Gasteiger partial charge in [-0.15, -0.1) is 11.3 Å². The lowest BCUT2D eigenvalue weighted by atomic mass is 10.3. The number of thiophene rings is 1. The molecule has 0 nitrogen and oxygen atoms in total. The van der Waals surface area contributed by atoms with E-state index in [-0.39, 0.29) is 0 Å². The van der Waals surface area contributed by atoms with Crippen LogP contribution in [-0.4, -0.2) is 5.33 Å². The summed E-state index contributed by atoms with van der Waals surface area (Å²) >= 11 is 5.25. The van der Waals surface area contributed by atoms with Gasteiger partial charge < -0.3 is 0 Å². The highest BCUT2D eigenvalue weighted by atomic mass is 79.9. The molecule has 1 aromatic heterocycles. The molecule has 0 fully saturated rings. The first-order valence-electron chi connectivity index (χ1n) is 3.52. The molecule has 2 heteroatoms. The van der Waals surface area contributed by atoms with Gasteiger partial charge in [0, 0.05) is 15.1 Å². The molecule has 0 spiro atoms. The van der Waals surface area contributed by atoms with E-state index in [1.165, 1.54) is 15.3 Å². The maximum absolute atomic E-state index is 3.42. The second-order valence-electron chi connectivity index (χ2n) is 2.57.